The van der Waals surface area contributed by atoms with Crippen molar-refractivity contribution in [2.45, 2.75) is 26.6 Å². The van der Waals surface area contributed by atoms with Crippen LogP contribution in [0.2, 0.25) is 5.02 Å². The van der Waals surface area contributed by atoms with Gasteiger partial charge in [0.2, 0.25) is 0 Å². The minimum atomic E-state index is -0.493. The highest BCUT2D eigenvalue weighted by molar-refractivity contribution is 6.31. The zero-order chi connectivity index (χ0) is 21.1. The maximum atomic E-state index is 13.1. The van der Waals surface area contributed by atoms with Crippen molar-refractivity contribution in [3.63, 3.8) is 0 Å². The fourth-order valence-corrected chi connectivity index (χ4v) is 3.03. The smallest absolute Gasteiger partial charge is 0.322 e. The lowest BCUT2D eigenvalue weighted by molar-refractivity contribution is -0.142. The van der Waals surface area contributed by atoms with Crippen LogP contribution in [0, 0.1) is 0 Å². The Kier molecular flexibility index (Phi) is 9.77. The van der Waals surface area contributed by atoms with E-state index in [0.717, 1.165) is 5.56 Å². The van der Waals surface area contributed by atoms with Crippen molar-refractivity contribution in [3.05, 3.63) is 59.1 Å². The van der Waals surface area contributed by atoms with Crippen LogP contribution in [0.3, 0.4) is 0 Å². The van der Waals surface area contributed by atoms with E-state index >= 15 is 0 Å². The molecular weight excluding hydrogens is 392 g/mol. The summed E-state index contributed by atoms with van der Waals surface area (Å²) in [7, 11) is 1.55. The van der Waals surface area contributed by atoms with Crippen LogP contribution < -0.4 is 10.1 Å². The van der Waals surface area contributed by atoms with E-state index in [4.69, 9.17) is 25.8 Å². The molecule has 2 aromatic rings. The predicted molar refractivity (Wildman–Crippen MR) is 116 cm³/mol. The third-order valence-corrected chi connectivity index (χ3v) is 4.51. The van der Waals surface area contributed by atoms with Crippen molar-refractivity contribution in [1.82, 2.24) is 4.90 Å². The number of carbonyl (C=O) groups excluding carboxylic acids is 1. The first-order chi connectivity index (χ1) is 14.1. The lowest BCUT2D eigenvalue weighted by Crippen LogP contribution is -2.43. The summed E-state index contributed by atoms with van der Waals surface area (Å²) in [5.74, 6) is 0.539. The molecular formula is C22H29ClN2O4. The average Bonchev–Trinajstić information content (AvgIpc) is 2.72. The van der Waals surface area contributed by atoms with Gasteiger partial charge in [-0.15, -0.1) is 0 Å². The second-order valence-electron chi connectivity index (χ2n) is 6.30. The third kappa shape index (κ3) is 7.57. The number of hydrogen-bond acceptors (Lipinski definition) is 4. The monoisotopic (exact) mass is 420 g/mol. The number of anilines is 1. The van der Waals surface area contributed by atoms with Gasteiger partial charge in [-0.2, -0.15) is 0 Å². The Bertz CT molecular complexity index is 752. The van der Waals surface area contributed by atoms with E-state index in [-0.39, 0.29) is 6.03 Å². The summed E-state index contributed by atoms with van der Waals surface area (Å²) >= 11 is 6.08. The number of nitrogens with one attached hydrogen (secondary N) is 1. The van der Waals surface area contributed by atoms with E-state index in [0.29, 0.717) is 49.2 Å². The van der Waals surface area contributed by atoms with Gasteiger partial charge in [0.1, 0.15) is 5.75 Å². The van der Waals surface area contributed by atoms with E-state index in [1.165, 1.54) is 0 Å². The number of halogens is 1. The molecule has 0 heterocycles. The highest BCUT2D eigenvalue weighted by atomic mass is 35.5. The van der Waals surface area contributed by atoms with Crippen molar-refractivity contribution >= 4 is 23.3 Å². The SMILES string of the molecule is CCOC(CN(CCc1ccccc1)C(=O)Nc1cc(Cl)ccc1OC)OCC. The molecule has 1 N–H and O–H groups in total. The van der Waals surface area contributed by atoms with Crippen LogP contribution >= 0.6 is 11.6 Å². The summed E-state index contributed by atoms with van der Waals surface area (Å²) in [5.41, 5.74) is 1.66. The van der Waals surface area contributed by atoms with Gasteiger partial charge in [0.15, 0.2) is 6.29 Å². The zero-order valence-electron chi connectivity index (χ0n) is 17.2. The summed E-state index contributed by atoms with van der Waals surface area (Å²) in [6.45, 7) is 5.62. The van der Waals surface area contributed by atoms with Gasteiger partial charge in [0, 0.05) is 24.8 Å². The van der Waals surface area contributed by atoms with Gasteiger partial charge in [-0.1, -0.05) is 41.9 Å². The van der Waals surface area contributed by atoms with Crippen LogP contribution in [-0.2, 0) is 15.9 Å². The Morgan fingerprint density at radius 1 is 1.10 bits per heavy atom. The second-order valence-corrected chi connectivity index (χ2v) is 6.73. The molecule has 0 aliphatic carbocycles. The molecule has 29 heavy (non-hydrogen) atoms. The van der Waals surface area contributed by atoms with Crippen LogP contribution in [0.1, 0.15) is 19.4 Å². The van der Waals surface area contributed by atoms with Gasteiger partial charge in [-0.25, -0.2) is 4.79 Å². The van der Waals surface area contributed by atoms with Gasteiger partial charge < -0.3 is 24.4 Å². The van der Waals surface area contributed by atoms with Crippen molar-refractivity contribution in [1.29, 1.82) is 0 Å². The number of methoxy groups -OCH3 is 1. The van der Waals surface area contributed by atoms with Gasteiger partial charge >= 0.3 is 6.03 Å². The summed E-state index contributed by atoms with van der Waals surface area (Å²) in [6, 6.07) is 14.8. The first-order valence-electron chi connectivity index (χ1n) is 9.74. The average molecular weight is 421 g/mol. The van der Waals surface area contributed by atoms with Crippen molar-refractivity contribution in [3.8, 4) is 5.75 Å². The maximum absolute atomic E-state index is 13.1. The predicted octanol–water partition coefficient (Wildman–Crippen LogP) is 4.82. The fraction of sp³-hybridized carbons (Fsp3) is 0.409. The van der Waals surface area contributed by atoms with E-state index in [1.54, 1.807) is 30.2 Å². The Morgan fingerprint density at radius 2 is 1.79 bits per heavy atom. The Morgan fingerprint density at radius 3 is 2.41 bits per heavy atom. The standard InChI is InChI=1S/C22H29ClN2O4/c1-4-28-21(29-5-2)16-25(14-13-17-9-7-6-8-10-17)22(26)24-19-15-18(23)11-12-20(19)27-3/h6-12,15,21H,4-5,13-14,16H2,1-3H3,(H,24,26). The number of carbonyl (C=O) groups is 1. The zero-order valence-corrected chi connectivity index (χ0v) is 17.9. The summed E-state index contributed by atoms with van der Waals surface area (Å²) < 4.78 is 16.6. The minimum Gasteiger partial charge on any atom is -0.495 e. The molecule has 0 bridgehead atoms. The molecule has 0 fully saturated rings. The lowest BCUT2D eigenvalue weighted by Gasteiger charge is -2.28. The number of hydrogen-bond donors (Lipinski definition) is 1. The van der Waals surface area contributed by atoms with Gasteiger partial charge in [-0.05, 0) is 44.0 Å². The quantitative estimate of drug-likeness (QED) is 0.529. The molecule has 0 spiro atoms. The first-order valence-corrected chi connectivity index (χ1v) is 10.1. The van der Waals surface area contributed by atoms with E-state index in [1.807, 2.05) is 44.2 Å². The first kappa shape index (κ1) is 23.0. The highest BCUT2D eigenvalue weighted by Crippen LogP contribution is 2.28. The fourth-order valence-electron chi connectivity index (χ4n) is 2.86. The number of nitrogens with zero attached hydrogens (tertiary/aromatic N) is 1. The Hall–Kier alpha value is -2.28. The molecule has 0 aliphatic heterocycles. The second kappa shape index (κ2) is 12.3. The molecule has 0 aromatic heterocycles. The van der Waals surface area contributed by atoms with Crippen LogP contribution in [0.5, 0.6) is 5.75 Å². The van der Waals surface area contributed by atoms with Crippen LogP contribution in [0.15, 0.2) is 48.5 Å². The van der Waals surface area contributed by atoms with E-state index < -0.39 is 6.29 Å². The van der Waals surface area contributed by atoms with Crippen molar-refractivity contribution in [2.75, 3.05) is 38.7 Å². The summed E-state index contributed by atoms with van der Waals surface area (Å²) in [4.78, 5) is 14.7. The molecule has 2 rings (SSSR count). The van der Waals surface area contributed by atoms with Gasteiger partial charge in [-0.3, -0.25) is 0 Å². The van der Waals surface area contributed by atoms with Crippen LogP contribution in [0.25, 0.3) is 0 Å². The molecule has 0 saturated carbocycles. The number of benzene rings is 2. The summed E-state index contributed by atoms with van der Waals surface area (Å²) in [6.07, 6.45) is 0.221. The number of ether oxygens (including phenoxy) is 3. The largest absolute Gasteiger partial charge is 0.495 e. The molecule has 0 aliphatic rings. The molecule has 0 saturated heterocycles. The van der Waals surface area contributed by atoms with Gasteiger partial charge in [0.05, 0.1) is 19.3 Å². The molecule has 6 nitrogen and oxygen atoms in total. The number of rotatable bonds is 11. The minimum absolute atomic E-state index is 0.272. The third-order valence-electron chi connectivity index (χ3n) is 4.28. The maximum Gasteiger partial charge on any atom is 0.322 e. The normalized spacial score (nSPS) is 10.8. The van der Waals surface area contributed by atoms with Crippen LogP contribution in [-0.4, -0.2) is 50.6 Å². The Labute approximate surface area is 177 Å². The topological polar surface area (TPSA) is 60.0 Å². The highest BCUT2D eigenvalue weighted by Gasteiger charge is 2.21. The summed E-state index contributed by atoms with van der Waals surface area (Å²) in [5, 5.41) is 3.41. The molecule has 0 radical (unpaired) electrons. The number of urea groups is 1. The molecule has 2 amide bonds. The lowest BCUT2D eigenvalue weighted by atomic mass is 10.1. The van der Waals surface area contributed by atoms with Crippen LogP contribution in [0.4, 0.5) is 10.5 Å². The van der Waals surface area contributed by atoms with Gasteiger partial charge in [0.25, 0.3) is 0 Å². The molecule has 7 heteroatoms. The van der Waals surface area contributed by atoms with E-state index in [2.05, 4.69) is 5.32 Å². The number of amides is 2. The van der Waals surface area contributed by atoms with Crippen molar-refractivity contribution in [2.24, 2.45) is 0 Å². The molecule has 0 atom stereocenters. The Balaban J connectivity index is 2.15. The van der Waals surface area contributed by atoms with E-state index in [9.17, 15) is 4.79 Å². The molecule has 158 valence electrons. The van der Waals surface area contributed by atoms with Crippen molar-refractivity contribution < 1.29 is 19.0 Å². The molecule has 0 unspecified atom stereocenters. The molecule has 2 aromatic carbocycles.